The third-order valence-electron chi connectivity index (χ3n) is 1.71. The lowest BCUT2D eigenvalue weighted by Crippen LogP contribution is -2.35. The van der Waals surface area contributed by atoms with Crippen molar-refractivity contribution >= 4 is 16.9 Å². The lowest BCUT2D eigenvalue weighted by atomic mass is 10.1. The Morgan fingerprint density at radius 2 is 2.00 bits per heavy atom. The molecule has 1 saturated heterocycles. The zero-order chi connectivity index (χ0) is 8.27. The van der Waals surface area contributed by atoms with Gasteiger partial charge in [0.1, 0.15) is 11.7 Å². The van der Waals surface area contributed by atoms with Gasteiger partial charge >= 0.3 is 0 Å². The second kappa shape index (κ2) is 3.94. The van der Waals surface area contributed by atoms with Gasteiger partial charge in [0, 0.05) is 25.9 Å². The quantitative estimate of drug-likeness (QED) is 0.595. The van der Waals surface area contributed by atoms with Crippen LogP contribution in [0.1, 0.15) is 12.8 Å². The molecule has 0 bridgehead atoms. The molecule has 0 aromatic carbocycles. The minimum absolute atomic E-state index is 0.174. The van der Waals surface area contributed by atoms with Gasteiger partial charge in [-0.15, -0.1) is 0 Å². The molecular weight excluding hydrogens is 166 g/mol. The van der Waals surface area contributed by atoms with Gasteiger partial charge < -0.3 is 4.55 Å². The average molecular weight is 177 g/mol. The van der Waals surface area contributed by atoms with E-state index in [4.69, 9.17) is 4.55 Å². The topological polar surface area (TPSA) is 57.6 Å². The van der Waals surface area contributed by atoms with E-state index in [0.717, 1.165) is 0 Å². The molecule has 0 radical (unpaired) electrons. The van der Waals surface area contributed by atoms with Crippen molar-refractivity contribution in [2.24, 2.45) is 0 Å². The first-order valence-electron chi connectivity index (χ1n) is 3.50. The highest BCUT2D eigenvalue weighted by Crippen LogP contribution is 2.04. The van der Waals surface area contributed by atoms with E-state index in [1.54, 1.807) is 0 Å². The number of carbonyl (C=O) groups is 1. The average Bonchev–Trinajstić information content (AvgIpc) is 1.93. The monoisotopic (exact) mass is 177 g/mol. The molecule has 0 aliphatic carbocycles. The minimum atomic E-state index is -1.76. The number of rotatable bonds is 2. The molecular formula is C6H11NO3S. The molecule has 4 nitrogen and oxygen atoms in total. The molecule has 0 aromatic rings. The van der Waals surface area contributed by atoms with Gasteiger partial charge in [-0.2, -0.15) is 0 Å². The van der Waals surface area contributed by atoms with Gasteiger partial charge in [-0.25, -0.2) is 4.21 Å². The summed E-state index contributed by atoms with van der Waals surface area (Å²) in [5, 5.41) is 0. The Kier molecular flexibility index (Phi) is 3.16. The molecule has 0 amide bonds. The maximum absolute atomic E-state index is 10.7. The highest BCUT2D eigenvalue weighted by molar-refractivity contribution is 7.79. The lowest BCUT2D eigenvalue weighted by molar-refractivity contribution is -0.121. The van der Waals surface area contributed by atoms with Gasteiger partial charge in [0.05, 0.1) is 0 Å². The van der Waals surface area contributed by atoms with Gasteiger partial charge in [0.2, 0.25) is 0 Å². The molecule has 1 unspecified atom stereocenters. The first-order valence-corrected chi connectivity index (χ1v) is 4.77. The predicted octanol–water partition coefficient (Wildman–Crippen LogP) is -0.169. The molecule has 1 rings (SSSR count). The Balaban J connectivity index is 2.28. The number of piperidine rings is 1. The van der Waals surface area contributed by atoms with Crippen molar-refractivity contribution in [3.63, 3.8) is 0 Å². The van der Waals surface area contributed by atoms with Crippen LogP contribution in [0.4, 0.5) is 0 Å². The molecule has 0 aromatic heterocycles. The SMILES string of the molecule is O=C1CCN(CS(=O)O)CC1. The van der Waals surface area contributed by atoms with Crippen molar-refractivity contribution < 1.29 is 13.6 Å². The normalized spacial score (nSPS) is 23.5. The summed E-state index contributed by atoms with van der Waals surface area (Å²) in [5.41, 5.74) is 0. The Morgan fingerprint density at radius 3 is 2.45 bits per heavy atom. The van der Waals surface area contributed by atoms with E-state index in [0.29, 0.717) is 25.9 Å². The molecule has 0 saturated carbocycles. The zero-order valence-electron chi connectivity index (χ0n) is 6.15. The maximum atomic E-state index is 10.7. The predicted molar refractivity (Wildman–Crippen MR) is 41.5 cm³/mol. The number of ketones is 1. The van der Waals surface area contributed by atoms with Crippen LogP contribution in [0.25, 0.3) is 0 Å². The molecule has 5 heteroatoms. The van der Waals surface area contributed by atoms with Crippen molar-refractivity contribution in [3.05, 3.63) is 0 Å². The van der Waals surface area contributed by atoms with Crippen LogP contribution < -0.4 is 0 Å². The molecule has 64 valence electrons. The van der Waals surface area contributed by atoms with Crippen LogP contribution in [0.5, 0.6) is 0 Å². The van der Waals surface area contributed by atoms with E-state index in [2.05, 4.69) is 0 Å². The van der Waals surface area contributed by atoms with Gasteiger partial charge in [0.25, 0.3) is 0 Å². The first kappa shape index (κ1) is 8.83. The second-order valence-corrected chi connectivity index (χ2v) is 3.51. The van der Waals surface area contributed by atoms with Gasteiger partial charge in [-0.05, 0) is 0 Å². The van der Waals surface area contributed by atoms with Crippen molar-refractivity contribution in [1.29, 1.82) is 0 Å². The number of nitrogens with zero attached hydrogens (tertiary/aromatic N) is 1. The van der Waals surface area contributed by atoms with Crippen molar-refractivity contribution in [1.82, 2.24) is 4.90 Å². The molecule has 1 aliphatic heterocycles. The van der Waals surface area contributed by atoms with Gasteiger partial charge in [-0.3, -0.25) is 9.69 Å². The summed E-state index contributed by atoms with van der Waals surface area (Å²) in [7, 11) is 0. The number of hydrogen-bond acceptors (Lipinski definition) is 3. The van der Waals surface area contributed by atoms with Crippen LogP contribution in [0.3, 0.4) is 0 Å². The molecule has 1 aliphatic rings. The van der Waals surface area contributed by atoms with E-state index in [1.165, 1.54) is 0 Å². The Morgan fingerprint density at radius 1 is 1.45 bits per heavy atom. The molecule has 1 N–H and O–H groups in total. The molecule has 0 spiro atoms. The fourth-order valence-corrected chi connectivity index (χ4v) is 1.66. The summed E-state index contributed by atoms with van der Waals surface area (Å²) in [6.07, 6.45) is 1.05. The zero-order valence-corrected chi connectivity index (χ0v) is 6.97. The maximum Gasteiger partial charge on any atom is 0.167 e. The Hall–Kier alpha value is -0.260. The summed E-state index contributed by atoms with van der Waals surface area (Å²) in [6, 6.07) is 0. The van der Waals surface area contributed by atoms with E-state index in [-0.39, 0.29) is 11.7 Å². The molecule has 1 heterocycles. The van der Waals surface area contributed by atoms with Crippen molar-refractivity contribution in [3.8, 4) is 0 Å². The number of hydrogen-bond donors (Lipinski definition) is 1. The van der Waals surface area contributed by atoms with Crippen LogP contribution in [0.15, 0.2) is 0 Å². The summed E-state index contributed by atoms with van der Waals surface area (Å²) < 4.78 is 18.8. The van der Waals surface area contributed by atoms with E-state index in [9.17, 15) is 9.00 Å². The number of Topliss-reactive ketones (excluding diaryl/α,β-unsaturated/α-hetero) is 1. The number of carbonyl (C=O) groups excluding carboxylic acids is 1. The van der Waals surface area contributed by atoms with Crippen LogP contribution in [0, 0.1) is 0 Å². The third-order valence-corrected chi connectivity index (χ3v) is 2.29. The first-order chi connectivity index (χ1) is 5.18. The summed E-state index contributed by atoms with van der Waals surface area (Å²) in [5.74, 6) is 0.428. The standard InChI is InChI=1S/C6H11NO3S/c8-6-1-3-7(4-2-6)5-11(9)10/h1-5H2,(H,9,10). The smallest absolute Gasteiger partial charge is 0.167 e. The van der Waals surface area contributed by atoms with E-state index in [1.807, 2.05) is 4.90 Å². The summed E-state index contributed by atoms with van der Waals surface area (Å²) in [4.78, 5) is 12.6. The van der Waals surface area contributed by atoms with Crippen molar-refractivity contribution in [2.75, 3.05) is 19.0 Å². The lowest BCUT2D eigenvalue weighted by Gasteiger charge is -2.23. The van der Waals surface area contributed by atoms with Crippen LogP contribution >= 0.6 is 0 Å². The van der Waals surface area contributed by atoms with Crippen molar-refractivity contribution in [2.45, 2.75) is 12.8 Å². The Bertz CT molecular complexity index is 173. The van der Waals surface area contributed by atoms with Crippen LogP contribution in [-0.2, 0) is 15.9 Å². The molecule has 1 atom stereocenters. The summed E-state index contributed by atoms with van der Waals surface area (Å²) in [6.45, 7) is 1.26. The highest BCUT2D eigenvalue weighted by atomic mass is 32.2. The van der Waals surface area contributed by atoms with Crippen LogP contribution in [0.2, 0.25) is 0 Å². The second-order valence-electron chi connectivity index (χ2n) is 2.61. The fraction of sp³-hybridized carbons (Fsp3) is 0.833. The fourth-order valence-electron chi connectivity index (χ4n) is 1.09. The Labute approximate surface area is 67.9 Å². The molecule has 1 fully saturated rings. The largest absolute Gasteiger partial charge is 0.305 e. The van der Waals surface area contributed by atoms with E-state index >= 15 is 0 Å². The highest BCUT2D eigenvalue weighted by Gasteiger charge is 2.16. The molecule has 11 heavy (non-hydrogen) atoms. The third kappa shape index (κ3) is 3.09. The van der Waals surface area contributed by atoms with Gasteiger partial charge in [-0.1, -0.05) is 0 Å². The minimum Gasteiger partial charge on any atom is -0.305 e. The van der Waals surface area contributed by atoms with E-state index < -0.39 is 11.1 Å². The van der Waals surface area contributed by atoms with Crippen LogP contribution in [-0.4, -0.2) is 38.4 Å². The van der Waals surface area contributed by atoms with Gasteiger partial charge in [0.15, 0.2) is 11.1 Å². The summed E-state index contributed by atoms with van der Waals surface area (Å²) >= 11 is -1.76. The number of likely N-dealkylation sites (tertiary alicyclic amines) is 1.